The summed E-state index contributed by atoms with van der Waals surface area (Å²) < 4.78 is 0. The molecule has 0 saturated carbocycles. The van der Waals surface area contributed by atoms with Crippen LogP contribution in [0.1, 0.15) is 20.8 Å². The molecule has 4 atom stereocenters. The highest BCUT2D eigenvalue weighted by molar-refractivity contribution is 6.04. The van der Waals surface area contributed by atoms with Gasteiger partial charge in [-0.05, 0) is 6.92 Å². The van der Waals surface area contributed by atoms with Gasteiger partial charge < -0.3 is 10.8 Å². The maximum atomic E-state index is 11.7. The molecule has 2 amide bonds. The number of hydrogen-bond acceptors (Lipinski definition) is 4. The van der Waals surface area contributed by atoms with Gasteiger partial charge >= 0.3 is 0 Å². The van der Waals surface area contributed by atoms with Gasteiger partial charge in [-0.25, -0.2) is 0 Å². The summed E-state index contributed by atoms with van der Waals surface area (Å²) in [6.45, 7) is 5.12. The minimum absolute atomic E-state index is 0.101. The number of amides is 2. The largest absolute Gasteiger partial charge is 0.392 e. The lowest BCUT2D eigenvalue weighted by molar-refractivity contribution is -0.140. The van der Waals surface area contributed by atoms with E-state index in [-0.39, 0.29) is 30.2 Å². The van der Waals surface area contributed by atoms with Gasteiger partial charge in [0.25, 0.3) is 0 Å². The molecule has 5 nitrogen and oxygen atoms in total. The lowest BCUT2D eigenvalue weighted by Gasteiger charge is -2.21. The van der Waals surface area contributed by atoms with Crippen LogP contribution in [0.4, 0.5) is 0 Å². The average molecular weight is 214 g/mol. The van der Waals surface area contributed by atoms with Crippen LogP contribution in [0.15, 0.2) is 0 Å². The van der Waals surface area contributed by atoms with Gasteiger partial charge in [0.05, 0.1) is 6.10 Å². The van der Waals surface area contributed by atoms with Gasteiger partial charge in [0, 0.05) is 24.4 Å². The third-order valence-corrected chi connectivity index (χ3v) is 3.07. The van der Waals surface area contributed by atoms with E-state index in [2.05, 4.69) is 0 Å². The molecule has 1 fully saturated rings. The van der Waals surface area contributed by atoms with Crippen molar-refractivity contribution in [3.8, 4) is 0 Å². The highest BCUT2D eigenvalue weighted by Gasteiger charge is 2.42. The summed E-state index contributed by atoms with van der Waals surface area (Å²) in [4.78, 5) is 24.5. The van der Waals surface area contributed by atoms with Crippen molar-refractivity contribution in [1.82, 2.24) is 4.90 Å². The molecule has 1 rings (SSSR count). The van der Waals surface area contributed by atoms with Crippen LogP contribution in [0.3, 0.4) is 0 Å². The molecule has 1 saturated heterocycles. The van der Waals surface area contributed by atoms with E-state index in [4.69, 9.17) is 5.73 Å². The molecule has 0 radical (unpaired) electrons. The van der Waals surface area contributed by atoms with Crippen molar-refractivity contribution in [1.29, 1.82) is 0 Å². The molecule has 3 N–H and O–H groups in total. The van der Waals surface area contributed by atoms with Crippen molar-refractivity contribution >= 4 is 11.8 Å². The summed E-state index contributed by atoms with van der Waals surface area (Å²) in [6.07, 6.45) is -0.725. The summed E-state index contributed by atoms with van der Waals surface area (Å²) >= 11 is 0. The number of nitrogens with zero attached hydrogens (tertiary/aromatic N) is 1. The first-order chi connectivity index (χ1) is 6.86. The second-order valence-electron chi connectivity index (χ2n) is 4.27. The molecule has 1 aliphatic rings. The van der Waals surface area contributed by atoms with Crippen molar-refractivity contribution in [2.24, 2.45) is 17.6 Å². The van der Waals surface area contributed by atoms with E-state index in [0.717, 1.165) is 4.90 Å². The Morgan fingerprint density at radius 2 is 1.73 bits per heavy atom. The molecule has 15 heavy (non-hydrogen) atoms. The summed E-state index contributed by atoms with van der Waals surface area (Å²) in [7, 11) is 0. The topological polar surface area (TPSA) is 83.6 Å². The molecule has 0 aromatic heterocycles. The zero-order valence-electron chi connectivity index (χ0n) is 9.30. The Hall–Kier alpha value is -0.940. The zero-order chi connectivity index (χ0) is 11.7. The first kappa shape index (κ1) is 12.1. The van der Waals surface area contributed by atoms with Crippen LogP contribution >= 0.6 is 0 Å². The van der Waals surface area contributed by atoms with Gasteiger partial charge in [0.15, 0.2) is 0 Å². The second kappa shape index (κ2) is 4.28. The first-order valence-electron chi connectivity index (χ1n) is 5.15. The van der Waals surface area contributed by atoms with Gasteiger partial charge in [0.1, 0.15) is 0 Å². The third-order valence-electron chi connectivity index (χ3n) is 3.07. The van der Waals surface area contributed by atoms with Gasteiger partial charge in [-0.15, -0.1) is 0 Å². The molecule has 86 valence electrons. The number of aliphatic hydroxyl groups excluding tert-OH is 1. The van der Waals surface area contributed by atoms with Gasteiger partial charge in [-0.1, -0.05) is 13.8 Å². The molecular formula is C10H18N2O3. The zero-order valence-corrected chi connectivity index (χ0v) is 9.30. The minimum Gasteiger partial charge on any atom is -0.392 e. The molecule has 1 aliphatic heterocycles. The van der Waals surface area contributed by atoms with E-state index in [1.807, 2.05) is 0 Å². The second-order valence-corrected chi connectivity index (χ2v) is 4.27. The quantitative estimate of drug-likeness (QED) is 0.611. The fourth-order valence-corrected chi connectivity index (χ4v) is 1.57. The maximum Gasteiger partial charge on any atom is 0.232 e. The number of likely N-dealkylation sites (tertiary alicyclic amines) is 1. The van der Waals surface area contributed by atoms with Crippen LogP contribution in [0, 0.1) is 11.8 Å². The normalized spacial score (nSPS) is 30.9. The number of carbonyl (C=O) groups excluding carboxylic acids is 2. The number of hydrogen-bond donors (Lipinski definition) is 2. The Balaban J connectivity index is 2.71. The minimum atomic E-state index is -0.725. The van der Waals surface area contributed by atoms with Gasteiger partial charge in [-0.2, -0.15) is 0 Å². The Labute approximate surface area is 89.2 Å². The third kappa shape index (κ3) is 2.18. The van der Waals surface area contributed by atoms with Crippen molar-refractivity contribution in [3.63, 3.8) is 0 Å². The summed E-state index contributed by atoms with van der Waals surface area (Å²) in [5, 5.41) is 9.21. The number of aliphatic hydroxyl groups is 1. The summed E-state index contributed by atoms with van der Waals surface area (Å²) in [5.41, 5.74) is 5.62. The summed E-state index contributed by atoms with van der Waals surface area (Å²) in [6, 6.07) is -0.574. The molecule has 0 bridgehead atoms. The SMILES string of the molecule is CC(O)C(N)CN1C(=O)C(C)C(C)C1=O. The van der Waals surface area contributed by atoms with E-state index < -0.39 is 12.1 Å². The van der Waals surface area contributed by atoms with Crippen LogP contribution in [-0.4, -0.2) is 40.5 Å². The number of nitrogens with two attached hydrogens (primary N) is 1. The molecular weight excluding hydrogens is 196 g/mol. The van der Waals surface area contributed by atoms with Crippen molar-refractivity contribution in [2.75, 3.05) is 6.54 Å². The summed E-state index contributed by atoms with van der Waals surface area (Å²) in [5.74, 6) is -0.940. The molecule has 0 aliphatic carbocycles. The van der Waals surface area contributed by atoms with Crippen molar-refractivity contribution in [2.45, 2.75) is 32.9 Å². The Morgan fingerprint density at radius 1 is 1.33 bits per heavy atom. The van der Waals surface area contributed by atoms with Crippen LogP contribution in [0.2, 0.25) is 0 Å². The van der Waals surface area contributed by atoms with Crippen molar-refractivity contribution in [3.05, 3.63) is 0 Å². The predicted octanol–water partition coefficient (Wildman–Crippen LogP) is -0.664. The maximum absolute atomic E-state index is 11.7. The van der Waals surface area contributed by atoms with Crippen molar-refractivity contribution < 1.29 is 14.7 Å². The molecule has 4 unspecified atom stereocenters. The highest BCUT2D eigenvalue weighted by atomic mass is 16.3. The number of rotatable bonds is 3. The number of carbonyl (C=O) groups is 2. The Morgan fingerprint density at radius 3 is 2.07 bits per heavy atom. The fraction of sp³-hybridized carbons (Fsp3) is 0.800. The molecule has 0 aromatic carbocycles. The highest BCUT2D eigenvalue weighted by Crippen LogP contribution is 2.25. The molecule has 5 heteroatoms. The fourth-order valence-electron chi connectivity index (χ4n) is 1.57. The predicted molar refractivity (Wildman–Crippen MR) is 54.7 cm³/mol. The molecule has 0 aromatic rings. The van der Waals surface area contributed by atoms with Gasteiger partial charge in [0.2, 0.25) is 11.8 Å². The van der Waals surface area contributed by atoms with Gasteiger partial charge in [-0.3, -0.25) is 14.5 Å². The van der Waals surface area contributed by atoms with E-state index in [1.165, 1.54) is 0 Å². The van der Waals surface area contributed by atoms with E-state index in [1.54, 1.807) is 20.8 Å². The Kier molecular flexibility index (Phi) is 3.46. The van der Waals surface area contributed by atoms with E-state index >= 15 is 0 Å². The molecule has 0 spiro atoms. The smallest absolute Gasteiger partial charge is 0.232 e. The first-order valence-corrected chi connectivity index (χ1v) is 5.15. The average Bonchev–Trinajstić information content (AvgIpc) is 2.35. The van der Waals surface area contributed by atoms with E-state index in [9.17, 15) is 14.7 Å². The van der Waals surface area contributed by atoms with Crippen LogP contribution < -0.4 is 5.73 Å². The number of imide groups is 1. The standard InChI is InChI=1S/C10H18N2O3/c1-5-6(2)10(15)12(9(5)14)4-8(11)7(3)13/h5-8,13H,4,11H2,1-3H3. The van der Waals surface area contributed by atoms with Crippen LogP contribution in [0.25, 0.3) is 0 Å². The lowest BCUT2D eigenvalue weighted by Crippen LogP contribution is -2.46. The van der Waals surface area contributed by atoms with Crippen LogP contribution in [-0.2, 0) is 9.59 Å². The monoisotopic (exact) mass is 214 g/mol. The molecule has 1 heterocycles. The van der Waals surface area contributed by atoms with E-state index in [0.29, 0.717) is 0 Å². The Bertz CT molecular complexity index is 258. The van der Waals surface area contributed by atoms with Crippen LogP contribution in [0.5, 0.6) is 0 Å². The lowest BCUT2D eigenvalue weighted by atomic mass is 10.00.